The summed E-state index contributed by atoms with van der Waals surface area (Å²) >= 11 is 0. The lowest BCUT2D eigenvalue weighted by molar-refractivity contribution is -0.158. The van der Waals surface area contributed by atoms with E-state index < -0.39 is 23.0 Å². The summed E-state index contributed by atoms with van der Waals surface area (Å²) in [7, 11) is 1.71. The van der Waals surface area contributed by atoms with Crippen LogP contribution in [-0.2, 0) is 29.4 Å². The lowest BCUT2D eigenvalue weighted by Crippen LogP contribution is -2.52. The van der Waals surface area contributed by atoms with Crippen molar-refractivity contribution >= 4 is 11.9 Å². The third-order valence-corrected chi connectivity index (χ3v) is 5.63. The Morgan fingerprint density at radius 3 is 2.63 bits per heavy atom. The first-order chi connectivity index (χ1) is 14.3. The normalized spacial score (nSPS) is 19.0. The van der Waals surface area contributed by atoms with Crippen molar-refractivity contribution in [2.75, 3.05) is 19.7 Å². The summed E-state index contributed by atoms with van der Waals surface area (Å²) in [5, 5.41) is 4.33. The third kappa shape index (κ3) is 4.37. The number of rotatable bonds is 6. The number of esters is 1. The highest BCUT2D eigenvalue weighted by molar-refractivity contribution is 5.93. The molecule has 162 valence electrons. The number of halogens is 2. The summed E-state index contributed by atoms with van der Waals surface area (Å²) < 4.78 is 34.5. The highest BCUT2D eigenvalue weighted by atomic mass is 19.1. The maximum Gasteiger partial charge on any atom is 0.314 e. The zero-order valence-corrected chi connectivity index (χ0v) is 17.6. The third-order valence-electron chi connectivity index (χ3n) is 5.63. The van der Waals surface area contributed by atoms with Crippen molar-refractivity contribution in [3.63, 3.8) is 0 Å². The monoisotopic (exact) mass is 419 g/mol. The van der Waals surface area contributed by atoms with E-state index in [1.54, 1.807) is 29.6 Å². The molecule has 0 radical (unpaired) electrons. The topological polar surface area (TPSA) is 64.4 Å². The Morgan fingerprint density at radius 2 is 2.00 bits per heavy atom. The standard InChI is InChI=1S/C22H27F2N3O3/c1-4-17-12-19(26(3)25-17)20(28)27-10-6-9-22(14-27,21(29)30-5-2)13-15-7-8-16(23)11-18(15)24/h7-8,11-12H,4-6,9-10,13-14H2,1-3H3. The van der Waals surface area contributed by atoms with E-state index in [9.17, 15) is 18.4 Å². The minimum absolute atomic E-state index is 0.0350. The first kappa shape index (κ1) is 21.9. The SMILES string of the molecule is CCOC(=O)C1(Cc2ccc(F)cc2F)CCCN(C(=O)c2cc(CC)nn2C)C1. The van der Waals surface area contributed by atoms with Crippen molar-refractivity contribution in [2.24, 2.45) is 12.5 Å². The number of carbonyl (C=O) groups excluding carboxylic acids is 2. The predicted octanol–water partition coefficient (Wildman–Crippen LogP) is 3.29. The van der Waals surface area contributed by atoms with Gasteiger partial charge in [0.1, 0.15) is 17.3 Å². The second kappa shape index (κ2) is 8.93. The van der Waals surface area contributed by atoms with Crippen LogP contribution in [0.25, 0.3) is 0 Å². The Balaban J connectivity index is 1.91. The van der Waals surface area contributed by atoms with E-state index in [1.807, 2.05) is 6.92 Å². The average Bonchev–Trinajstić information content (AvgIpc) is 3.10. The first-order valence-electron chi connectivity index (χ1n) is 10.2. The molecule has 0 spiro atoms. The van der Waals surface area contributed by atoms with Gasteiger partial charge in [-0.25, -0.2) is 8.78 Å². The Hall–Kier alpha value is -2.77. The minimum Gasteiger partial charge on any atom is -0.466 e. The van der Waals surface area contributed by atoms with Crippen LogP contribution in [0.1, 0.15) is 48.4 Å². The van der Waals surface area contributed by atoms with Crippen LogP contribution in [0, 0.1) is 17.0 Å². The Morgan fingerprint density at radius 1 is 1.23 bits per heavy atom. The summed E-state index contributed by atoms with van der Waals surface area (Å²) in [6.07, 6.45) is 1.77. The maximum absolute atomic E-state index is 14.4. The molecule has 8 heteroatoms. The number of ether oxygens (including phenoxy) is 1. The molecule has 3 rings (SSSR count). The molecule has 6 nitrogen and oxygen atoms in total. The van der Waals surface area contributed by atoms with Crippen LogP contribution >= 0.6 is 0 Å². The van der Waals surface area contributed by atoms with Crippen LogP contribution in [0.15, 0.2) is 24.3 Å². The maximum atomic E-state index is 14.4. The summed E-state index contributed by atoms with van der Waals surface area (Å²) in [4.78, 5) is 27.7. The number of hydrogen-bond acceptors (Lipinski definition) is 4. The van der Waals surface area contributed by atoms with E-state index in [1.165, 1.54) is 12.1 Å². The Labute approximate surface area is 174 Å². The fourth-order valence-corrected chi connectivity index (χ4v) is 4.06. The Bertz CT molecular complexity index is 944. The summed E-state index contributed by atoms with van der Waals surface area (Å²) in [5.41, 5.74) is 0.393. The fourth-order valence-electron chi connectivity index (χ4n) is 4.06. The van der Waals surface area contributed by atoms with Crippen molar-refractivity contribution in [1.29, 1.82) is 0 Å². The molecule has 1 fully saturated rings. The van der Waals surface area contributed by atoms with E-state index in [-0.39, 0.29) is 31.0 Å². The van der Waals surface area contributed by atoms with Crippen molar-refractivity contribution in [1.82, 2.24) is 14.7 Å². The highest BCUT2D eigenvalue weighted by Crippen LogP contribution is 2.36. The summed E-state index contributed by atoms with van der Waals surface area (Å²) in [5.74, 6) is -2.07. The molecule has 1 unspecified atom stereocenters. The number of aromatic nitrogens is 2. The average molecular weight is 419 g/mol. The van der Waals surface area contributed by atoms with Crippen molar-refractivity contribution in [3.05, 3.63) is 52.9 Å². The lowest BCUT2D eigenvalue weighted by Gasteiger charge is -2.41. The molecule has 1 aromatic heterocycles. The smallest absolute Gasteiger partial charge is 0.314 e. The lowest BCUT2D eigenvalue weighted by atomic mass is 9.74. The van der Waals surface area contributed by atoms with Gasteiger partial charge in [-0.2, -0.15) is 5.10 Å². The van der Waals surface area contributed by atoms with Crippen LogP contribution in [-0.4, -0.2) is 46.3 Å². The molecule has 0 bridgehead atoms. The molecule has 1 aliphatic heterocycles. The van der Waals surface area contributed by atoms with Gasteiger partial charge in [0.05, 0.1) is 17.7 Å². The van der Waals surface area contributed by atoms with Crippen molar-refractivity contribution < 1.29 is 23.1 Å². The second-order valence-electron chi connectivity index (χ2n) is 7.74. The van der Waals surface area contributed by atoms with Crippen molar-refractivity contribution in [2.45, 2.75) is 39.5 Å². The van der Waals surface area contributed by atoms with E-state index in [0.29, 0.717) is 31.5 Å². The zero-order chi connectivity index (χ0) is 21.9. The second-order valence-corrected chi connectivity index (χ2v) is 7.74. The summed E-state index contributed by atoms with van der Waals surface area (Å²) in [6, 6.07) is 5.08. The number of carbonyl (C=O) groups is 2. The number of benzene rings is 1. The van der Waals surface area contributed by atoms with Gasteiger partial charge in [-0.05, 0) is 50.3 Å². The first-order valence-corrected chi connectivity index (χ1v) is 10.2. The zero-order valence-electron chi connectivity index (χ0n) is 17.6. The van der Waals surface area contributed by atoms with Gasteiger partial charge in [-0.3, -0.25) is 14.3 Å². The molecule has 0 aliphatic carbocycles. The van der Waals surface area contributed by atoms with Gasteiger partial charge < -0.3 is 9.64 Å². The van der Waals surface area contributed by atoms with E-state index in [0.717, 1.165) is 11.8 Å². The molecular formula is C22H27F2N3O3. The molecule has 0 N–H and O–H groups in total. The quantitative estimate of drug-likeness (QED) is 0.674. The van der Waals surface area contributed by atoms with Crippen LogP contribution in [0.4, 0.5) is 8.78 Å². The largest absolute Gasteiger partial charge is 0.466 e. The van der Waals surface area contributed by atoms with Crippen LogP contribution in [0.2, 0.25) is 0 Å². The van der Waals surface area contributed by atoms with Gasteiger partial charge in [-0.15, -0.1) is 0 Å². The Kier molecular flexibility index (Phi) is 6.53. The predicted molar refractivity (Wildman–Crippen MR) is 107 cm³/mol. The van der Waals surface area contributed by atoms with Gasteiger partial charge in [-0.1, -0.05) is 13.0 Å². The fraction of sp³-hybridized carbons (Fsp3) is 0.500. The van der Waals surface area contributed by atoms with Crippen LogP contribution in [0.5, 0.6) is 0 Å². The van der Waals surface area contributed by atoms with E-state index in [4.69, 9.17) is 4.74 Å². The van der Waals surface area contributed by atoms with Gasteiger partial charge in [0.15, 0.2) is 0 Å². The van der Waals surface area contributed by atoms with E-state index >= 15 is 0 Å². The van der Waals surface area contributed by atoms with Crippen molar-refractivity contribution in [3.8, 4) is 0 Å². The van der Waals surface area contributed by atoms with Gasteiger partial charge >= 0.3 is 5.97 Å². The van der Waals surface area contributed by atoms with Crippen LogP contribution < -0.4 is 0 Å². The number of amides is 1. The highest BCUT2D eigenvalue weighted by Gasteiger charge is 2.45. The molecule has 2 heterocycles. The number of nitrogens with zero attached hydrogens (tertiary/aromatic N) is 3. The molecule has 1 atom stereocenters. The number of likely N-dealkylation sites (tertiary alicyclic amines) is 1. The number of hydrogen-bond donors (Lipinski definition) is 0. The molecule has 0 saturated carbocycles. The molecule has 1 saturated heterocycles. The molecule has 2 aromatic rings. The molecular weight excluding hydrogens is 392 g/mol. The van der Waals surface area contributed by atoms with Crippen LogP contribution in [0.3, 0.4) is 0 Å². The minimum atomic E-state index is -1.09. The molecule has 1 aliphatic rings. The number of aryl methyl sites for hydroxylation is 2. The van der Waals surface area contributed by atoms with Gasteiger partial charge in [0, 0.05) is 26.2 Å². The molecule has 30 heavy (non-hydrogen) atoms. The molecule has 1 aromatic carbocycles. The summed E-state index contributed by atoms with van der Waals surface area (Å²) in [6.45, 7) is 4.44. The molecule has 1 amide bonds. The number of piperidine rings is 1. The van der Waals surface area contributed by atoms with Gasteiger partial charge in [0.2, 0.25) is 0 Å². The van der Waals surface area contributed by atoms with E-state index in [2.05, 4.69) is 5.10 Å². The van der Waals surface area contributed by atoms with Gasteiger partial charge in [0.25, 0.3) is 5.91 Å².